The topological polar surface area (TPSA) is 85.6 Å². The first-order chi connectivity index (χ1) is 14.1. The average molecular weight is 391 g/mol. The number of Topliss-reactive ketones (excluding diaryl/α,β-unsaturated/α-hetero) is 1. The molecular formula is C23H21NO5. The molecule has 0 aliphatic rings. The molecule has 1 aromatic heterocycles. The third-order valence-corrected chi connectivity index (χ3v) is 4.29. The van der Waals surface area contributed by atoms with Gasteiger partial charge in [0.05, 0.1) is 17.5 Å². The van der Waals surface area contributed by atoms with Crippen molar-refractivity contribution in [3.63, 3.8) is 0 Å². The van der Waals surface area contributed by atoms with Gasteiger partial charge in [-0.05, 0) is 36.2 Å². The molecule has 0 saturated heterocycles. The molecule has 0 fully saturated rings. The Morgan fingerprint density at radius 2 is 1.72 bits per heavy atom. The van der Waals surface area contributed by atoms with Crippen molar-refractivity contribution in [1.82, 2.24) is 0 Å². The van der Waals surface area contributed by atoms with Crippen molar-refractivity contribution in [3.05, 3.63) is 89.4 Å². The minimum atomic E-state index is -0.698. The summed E-state index contributed by atoms with van der Waals surface area (Å²) < 4.78 is 10.2. The summed E-state index contributed by atoms with van der Waals surface area (Å²) in [5.74, 6) is -1.36. The Kier molecular flexibility index (Phi) is 6.58. The molecule has 0 spiro atoms. The van der Waals surface area contributed by atoms with Crippen LogP contribution < -0.4 is 5.32 Å². The van der Waals surface area contributed by atoms with Crippen LogP contribution in [-0.4, -0.2) is 24.3 Å². The van der Waals surface area contributed by atoms with Gasteiger partial charge in [-0.25, -0.2) is 4.79 Å². The van der Waals surface area contributed by atoms with Crippen molar-refractivity contribution >= 4 is 23.3 Å². The van der Waals surface area contributed by atoms with E-state index in [0.717, 1.165) is 18.4 Å². The highest BCUT2D eigenvalue weighted by Gasteiger charge is 2.18. The molecule has 3 aromatic rings. The second kappa shape index (κ2) is 9.50. The number of esters is 1. The van der Waals surface area contributed by atoms with E-state index in [2.05, 4.69) is 12.2 Å². The summed E-state index contributed by atoms with van der Waals surface area (Å²) in [5, 5.41) is 2.61. The summed E-state index contributed by atoms with van der Waals surface area (Å²) in [6.45, 7) is 1.71. The fourth-order valence-corrected chi connectivity index (χ4v) is 2.80. The molecule has 2 aromatic carbocycles. The van der Waals surface area contributed by atoms with E-state index in [1.807, 2.05) is 12.1 Å². The van der Waals surface area contributed by atoms with E-state index in [0.29, 0.717) is 5.56 Å². The van der Waals surface area contributed by atoms with Crippen LogP contribution in [0.3, 0.4) is 0 Å². The molecule has 6 nitrogen and oxygen atoms in total. The molecular weight excluding hydrogens is 370 g/mol. The fraction of sp³-hybridized carbons (Fsp3) is 0.174. The Morgan fingerprint density at radius 1 is 0.966 bits per heavy atom. The summed E-state index contributed by atoms with van der Waals surface area (Å²) in [4.78, 5) is 36.9. The van der Waals surface area contributed by atoms with Gasteiger partial charge in [0.1, 0.15) is 0 Å². The second-order valence-corrected chi connectivity index (χ2v) is 6.42. The molecule has 0 saturated carbocycles. The minimum absolute atomic E-state index is 0.120. The van der Waals surface area contributed by atoms with Crippen molar-refractivity contribution in [2.75, 3.05) is 11.9 Å². The summed E-state index contributed by atoms with van der Waals surface area (Å²) in [5.41, 5.74) is 2.06. The molecule has 6 heteroatoms. The number of anilines is 1. The lowest BCUT2D eigenvalue weighted by Crippen LogP contribution is -2.18. The zero-order valence-corrected chi connectivity index (χ0v) is 16.0. The molecule has 3 rings (SSSR count). The third-order valence-electron chi connectivity index (χ3n) is 4.29. The van der Waals surface area contributed by atoms with Gasteiger partial charge in [-0.15, -0.1) is 0 Å². The Labute approximate surface area is 168 Å². The maximum atomic E-state index is 12.5. The van der Waals surface area contributed by atoms with Crippen LogP contribution in [0.2, 0.25) is 0 Å². The lowest BCUT2D eigenvalue weighted by Gasteiger charge is -2.10. The maximum Gasteiger partial charge on any atom is 0.340 e. The van der Waals surface area contributed by atoms with E-state index in [4.69, 9.17) is 9.15 Å². The normalized spacial score (nSPS) is 10.4. The SMILES string of the molecule is CCCc1ccc(C(=O)COC(=O)c2ccccc2NC(=O)c2ccco2)cc1. The summed E-state index contributed by atoms with van der Waals surface area (Å²) in [7, 11) is 0. The molecule has 1 amide bonds. The molecule has 0 aliphatic heterocycles. The highest BCUT2D eigenvalue weighted by Crippen LogP contribution is 2.18. The van der Waals surface area contributed by atoms with E-state index in [9.17, 15) is 14.4 Å². The second-order valence-electron chi connectivity index (χ2n) is 6.42. The lowest BCUT2D eigenvalue weighted by atomic mass is 10.1. The van der Waals surface area contributed by atoms with Crippen LogP contribution >= 0.6 is 0 Å². The van der Waals surface area contributed by atoms with Gasteiger partial charge in [0.25, 0.3) is 5.91 Å². The van der Waals surface area contributed by atoms with E-state index >= 15 is 0 Å². The van der Waals surface area contributed by atoms with E-state index in [-0.39, 0.29) is 29.4 Å². The molecule has 29 heavy (non-hydrogen) atoms. The van der Waals surface area contributed by atoms with Gasteiger partial charge >= 0.3 is 5.97 Å². The number of aryl methyl sites for hydroxylation is 1. The van der Waals surface area contributed by atoms with Crippen LogP contribution in [0.4, 0.5) is 5.69 Å². The smallest absolute Gasteiger partial charge is 0.340 e. The predicted octanol–water partition coefficient (Wildman–Crippen LogP) is 4.52. The number of carbonyl (C=O) groups is 3. The zero-order chi connectivity index (χ0) is 20.6. The number of rotatable bonds is 8. The van der Waals surface area contributed by atoms with Crippen LogP contribution in [0.25, 0.3) is 0 Å². The van der Waals surface area contributed by atoms with Crippen molar-refractivity contribution in [2.45, 2.75) is 19.8 Å². The first-order valence-electron chi connectivity index (χ1n) is 9.31. The summed E-state index contributed by atoms with van der Waals surface area (Å²) in [6, 6.07) is 16.8. The summed E-state index contributed by atoms with van der Waals surface area (Å²) >= 11 is 0. The Morgan fingerprint density at radius 3 is 2.41 bits per heavy atom. The quantitative estimate of drug-likeness (QED) is 0.451. The van der Waals surface area contributed by atoms with Crippen molar-refractivity contribution in [1.29, 1.82) is 0 Å². The fourth-order valence-electron chi connectivity index (χ4n) is 2.80. The maximum absolute atomic E-state index is 12.5. The molecule has 148 valence electrons. The first kappa shape index (κ1) is 20.1. The number of para-hydroxylation sites is 1. The van der Waals surface area contributed by atoms with Gasteiger partial charge in [-0.1, -0.05) is 49.7 Å². The van der Waals surface area contributed by atoms with Crippen LogP contribution in [0.15, 0.2) is 71.3 Å². The van der Waals surface area contributed by atoms with Crippen LogP contribution in [0, 0.1) is 0 Å². The molecule has 0 bridgehead atoms. The molecule has 1 N–H and O–H groups in total. The van der Waals surface area contributed by atoms with Gasteiger partial charge < -0.3 is 14.5 Å². The highest BCUT2D eigenvalue weighted by atomic mass is 16.5. The highest BCUT2D eigenvalue weighted by molar-refractivity contribution is 6.07. The number of furan rings is 1. The van der Waals surface area contributed by atoms with Crippen molar-refractivity contribution < 1.29 is 23.5 Å². The Bertz CT molecular complexity index is 990. The largest absolute Gasteiger partial charge is 0.459 e. The van der Waals surface area contributed by atoms with Crippen LogP contribution in [0.5, 0.6) is 0 Å². The lowest BCUT2D eigenvalue weighted by molar-refractivity contribution is 0.0475. The first-order valence-corrected chi connectivity index (χ1v) is 9.31. The standard InChI is InChI=1S/C23H21NO5/c1-2-6-16-10-12-17(13-11-16)20(25)15-29-23(27)18-7-3-4-8-19(18)24-22(26)21-9-5-14-28-21/h3-5,7-14H,2,6,15H2,1H3,(H,24,26). The van der Waals surface area contributed by atoms with Gasteiger partial charge in [-0.3, -0.25) is 9.59 Å². The number of carbonyl (C=O) groups excluding carboxylic acids is 3. The van der Waals surface area contributed by atoms with Crippen LogP contribution in [0.1, 0.15) is 50.2 Å². The average Bonchev–Trinajstić information content (AvgIpc) is 3.28. The van der Waals surface area contributed by atoms with Crippen molar-refractivity contribution in [2.24, 2.45) is 0 Å². The number of nitrogens with one attached hydrogen (secondary N) is 1. The van der Waals surface area contributed by atoms with E-state index < -0.39 is 11.9 Å². The zero-order valence-electron chi connectivity index (χ0n) is 16.0. The van der Waals surface area contributed by atoms with Gasteiger partial charge in [0.15, 0.2) is 18.2 Å². The number of ether oxygens (including phenoxy) is 1. The van der Waals surface area contributed by atoms with Crippen molar-refractivity contribution in [3.8, 4) is 0 Å². The molecule has 0 aliphatic carbocycles. The molecule has 0 atom stereocenters. The number of amides is 1. The number of benzene rings is 2. The Balaban J connectivity index is 1.63. The van der Waals surface area contributed by atoms with Gasteiger partial charge in [0.2, 0.25) is 0 Å². The molecule has 1 heterocycles. The summed E-state index contributed by atoms with van der Waals surface area (Å²) in [6.07, 6.45) is 3.36. The number of hydrogen-bond donors (Lipinski definition) is 1. The Hall–Kier alpha value is -3.67. The van der Waals surface area contributed by atoms with Gasteiger partial charge in [-0.2, -0.15) is 0 Å². The predicted molar refractivity (Wildman–Crippen MR) is 108 cm³/mol. The third kappa shape index (κ3) is 5.19. The minimum Gasteiger partial charge on any atom is -0.459 e. The number of hydrogen-bond acceptors (Lipinski definition) is 5. The van der Waals surface area contributed by atoms with Gasteiger partial charge in [0, 0.05) is 5.56 Å². The monoisotopic (exact) mass is 391 g/mol. The van der Waals surface area contributed by atoms with Crippen LogP contribution in [-0.2, 0) is 11.2 Å². The van der Waals surface area contributed by atoms with E-state index in [1.165, 1.54) is 18.4 Å². The van der Waals surface area contributed by atoms with E-state index in [1.54, 1.807) is 36.4 Å². The number of ketones is 1. The molecule has 0 radical (unpaired) electrons. The molecule has 0 unspecified atom stereocenters.